The van der Waals surface area contributed by atoms with Crippen molar-refractivity contribution in [3.05, 3.63) is 58.1 Å². The minimum atomic E-state index is -3.62. The molecule has 2 aromatic rings. The summed E-state index contributed by atoms with van der Waals surface area (Å²) in [6.07, 6.45) is 2.73. The molecule has 2 heterocycles. The van der Waals surface area contributed by atoms with Crippen LogP contribution in [0.5, 0.6) is 11.5 Å². The SMILES string of the molecule is COc1cc2c(cc1OS(C)(=O)=O)CCN1C[C@H](c3cc(C)ccc3C)[C@@H](N)C[C@@H]21. The van der Waals surface area contributed by atoms with Crippen molar-refractivity contribution in [2.75, 3.05) is 26.5 Å². The van der Waals surface area contributed by atoms with Crippen LogP contribution in [-0.2, 0) is 16.5 Å². The number of piperidine rings is 1. The summed E-state index contributed by atoms with van der Waals surface area (Å²) < 4.78 is 33.9. The Balaban J connectivity index is 1.66. The van der Waals surface area contributed by atoms with E-state index in [-0.39, 0.29) is 17.8 Å². The summed E-state index contributed by atoms with van der Waals surface area (Å²) in [5.74, 6) is 0.990. The van der Waals surface area contributed by atoms with Crippen LogP contribution in [0, 0.1) is 13.8 Å². The molecule has 2 N–H and O–H groups in total. The molecule has 162 valence electrons. The summed E-state index contributed by atoms with van der Waals surface area (Å²) in [5.41, 5.74) is 12.9. The molecule has 7 heteroatoms. The summed E-state index contributed by atoms with van der Waals surface area (Å²) >= 11 is 0. The van der Waals surface area contributed by atoms with Gasteiger partial charge in [-0.25, -0.2) is 0 Å². The first-order chi connectivity index (χ1) is 14.2. The lowest BCUT2D eigenvalue weighted by Gasteiger charge is -2.46. The number of rotatable bonds is 4. The third-order valence-electron chi connectivity index (χ3n) is 6.41. The molecule has 0 saturated carbocycles. The molecular weight excluding hydrogens is 400 g/mol. The average Bonchev–Trinajstić information content (AvgIpc) is 2.67. The number of nitrogens with two attached hydrogens (primary N) is 1. The standard InChI is InChI=1S/C23H30N2O4S/c1-14-5-6-15(2)17(9-14)19-13-25-8-7-16-10-23(29-30(4,26)27)22(28-3)11-18(16)21(25)12-20(19)24/h5-6,9-11,19-21H,7-8,12-13,24H2,1-4H3/t19-,20+,21+/m1/s1. The van der Waals surface area contributed by atoms with Crippen molar-refractivity contribution < 1.29 is 17.3 Å². The number of aryl methyl sites for hydroxylation is 2. The van der Waals surface area contributed by atoms with Crippen molar-refractivity contribution in [1.29, 1.82) is 0 Å². The molecule has 4 rings (SSSR count). The van der Waals surface area contributed by atoms with Crippen LogP contribution in [0.1, 0.15) is 46.2 Å². The summed E-state index contributed by atoms with van der Waals surface area (Å²) in [4.78, 5) is 2.51. The summed E-state index contributed by atoms with van der Waals surface area (Å²) in [6, 6.07) is 10.6. The Labute approximate surface area is 179 Å². The second-order valence-corrected chi connectivity index (χ2v) is 10.2. The molecule has 0 radical (unpaired) electrons. The van der Waals surface area contributed by atoms with Gasteiger partial charge in [0, 0.05) is 31.1 Å². The van der Waals surface area contributed by atoms with Gasteiger partial charge in [0.25, 0.3) is 0 Å². The highest BCUT2D eigenvalue weighted by Crippen LogP contribution is 2.44. The average molecular weight is 431 g/mol. The molecule has 3 atom stereocenters. The van der Waals surface area contributed by atoms with Crippen LogP contribution in [0.3, 0.4) is 0 Å². The van der Waals surface area contributed by atoms with Gasteiger partial charge in [-0.2, -0.15) is 8.42 Å². The molecule has 0 aromatic heterocycles. The topological polar surface area (TPSA) is 81.9 Å². The Hall–Kier alpha value is -2.09. The number of nitrogens with zero attached hydrogens (tertiary/aromatic N) is 1. The van der Waals surface area contributed by atoms with Crippen molar-refractivity contribution in [2.24, 2.45) is 5.73 Å². The van der Waals surface area contributed by atoms with E-state index in [1.165, 1.54) is 23.8 Å². The predicted molar refractivity (Wildman–Crippen MR) is 118 cm³/mol. The highest BCUT2D eigenvalue weighted by molar-refractivity contribution is 7.86. The van der Waals surface area contributed by atoms with Crippen molar-refractivity contribution in [3.8, 4) is 11.5 Å². The smallest absolute Gasteiger partial charge is 0.306 e. The van der Waals surface area contributed by atoms with Gasteiger partial charge in [0.1, 0.15) is 0 Å². The zero-order chi connectivity index (χ0) is 21.6. The maximum atomic E-state index is 11.6. The first kappa shape index (κ1) is 21.2. The van der Waals surface area contributed by atoms with Gasteiger partial charge in [-0.3, -0.25) is 4.90 Å². The second kappa shape index (κ2) is 7.87. The normalized spacial score (nSPS) is 24.1. The maximum absolute atomic E-state index is 11.6. The third kappa shape index (κ3) is 4.06. The van der Waals surface area contributed by atoms with Crippen LogP contribution in [0.25, 0.3) is 0 Å². The Morgan fingerprint density at radius 3 is 2.57 bits per heavy atom. The second-order valence-electron chi connectivity index (χ2n) is 8.62. The largest absolute Gasteiger partial charge is 0.493 e. The Kier molecular flexibility index (Phi) is 5.55. The van der Waals surface area contributed by atoms with Crippen LogP contribution in [0.4, 0.5) is 0 Å². The van der Waals surface area contributed by atoms with Crippen LogP contribution in [0.15, 0.2) is 30.3 Å². The van der Waals surface area contributed by atoms with Crippen molar-refractivity contribution in [2.45, 2.75) is 44.7 Å². The molecule has 2 aromatic carbocycles. The van der Waals surface area contributed by atoms with E-state index in [1.54, 1.807) is 0 Å². The number of fused-ring (bicyclic) bond motifs is 3. The minimum absolute atomic E-state index is 0.0515. The Morgan fingerprint density at radius 1 is 1.10 bits per heavy atom. The van der Waals surface area contributed by atoms with Crippen molar-refractivity contribution >= 4 is 10.1 Å². The Bertz CT molecular complexity index is 1070. The highest BCUT2D eigenvalue weighted by atomic mass is 32.2. The van der Waals surface area contributed by atoms with Crippen LogP contribution in [0.2, 0.25) is 0 Å². The molecule has 1 fully saturated rings. The van der Waals surface area contributed by atoms with Crippen molar-refractivity contribution in [3.63, 3.8) is 0 Å². The van der Waals surface area contributed by atoms with E-state index in [4.69, 9.17) is 14.7 Å². The first-order valence-corrected chi connectivity index (χ1v) is 12.1. The molecule has 0 bridgehead atoms. The number of hydrogen-bond donors (Lipinski definition) is 1. The molecule has 0 spiro atoms. The fraction of sp³-hybridized carbons (Fsp3) is 0.478. The number of hydrogen-bond acceptors (Lipinski definition) is 6. The van der Waals surface area contributed by atoms with E-state index in [2.05, 4.69) is 36.9 Å². The fourth-order valence-electron chi connectivity index (χ4n) is 4.94. The number of ether oxygens (including phenoxy) is 1. The molecule has 6 nitrogen and oxygen atoms in total. The fourth-order valence-corrected chi connectivity index (χ4v) is 5.40. The van der Waals surface area contributed by atoms with Crippen molar-refractivity contribution in [1.82, 2.24) is 4.90 Å². The van der Waals surface area contributed by atoms with E-state index in [1.807, 2.05) is 12.1 Å². The molecule has 0 amide bonds. The highest BCUT2D eigenvalue weighted by Gasteiger charge is 2.39. The van der Waals surface area contributed by atoms with Crippen LogP contribution in [-0.4, -0.2) is 45.8 Å². The van der Waals surface area contributed by atoms with Gasteiger partial charge in [-0.05, 0) is 61.1 Å². The molecular formula is C23H30N2O4S. The lowest BCUT2D eigenvalue weighted by molar-refractivity contribution is 0.109. The lowest BCUT2D eigenvalue weighted by atomic mass is 9.77. The van der Waals surface area contributed by atoms with E-state index in [0.29, 0.717) is 11.7 Å². The Morgan fingerprint density at radius 2 is 1.87 bits per heavy atom. The van der Waals surface area contributed by atoms with Crippen LogP contribution < -0.4 is 14.7 Å². The summed E-state index contributed by atoms with van der Waals surface area (Å²) in [6.45, 7) is 6.11. The van der Waals surface area contributed by atoms with Gasteiger partial charge < -0.3 is 14.7 Å². The summed E-state index contributed by atoms with van der Waals surface area (Å²) in [7, 11) is -2.10. The lowest BCUT2D eigenvalue weighted by Crippen LogP contribution is -2.49. The molecule has 0 aliphatic carbocycles. The van der Waals surface area contributed by atoms with E-state index < -0.39 is 10.1 Å². The number of methoxy groups -OCH3 is 1. The first-order valence-electron chi connectivity index (χ1n) is 10.3. The number of benzene rings is 2. The van der Waals surface area contributed by atoms with Gasteiger partial charge >= 0.3 is 10.1 Å². The zero-order valence-corrected chi connectivity index (χ0v) is 18.8. The van der Waals surface area contributed by atoms with E-state index in [9.17, 15) is 8.42 Å². The molecule has 2 aliphatic rings. The van der Waals surface area contributed by atoms with Gasteiger partial charge in [0.05, 0.1) is 13.4 Å². The van der Waals surface area contributed by atoms with Crippen LogP contribution >= 0.6 is 0 Å². The summed E-state index contributed by atoms with van der Waals surface area (Å²) in [5, 5.41) is 0. The van der Waals surface area contributed by atoms with Gasteiger partial charge in [0.2, 0.25) is 0 Å². The molecule has 30 heavy (non-hydrogen) atoms. The monoisotopic (exact) mass is 430 g/mol. The molecule has 1 saturated heterocycles. The quantitative estimate of drug-likeness (QED) is 0.751. The molecule has 0 unspecified atom stereocenters. The maximum Gasteiger partial charge on any atom is 0.306 e. The van der Waals surface area contributed by atoms with E-state index in [0.717, 1.165) is 43.3 Å². The van der Waals surface area contributed by atoms with Gasteiger partial charge in [-0.1, -0.05) is 23.8 Å². The van der Waals surface area contributed by atoms with E-state index >= 15 is 0 Å². The third-order valence-corrected chi connectivity index (χ3v) is 6.89. The van der Waals surface area contributed by atoms with Gasteiger partial charge in [0.15, 0.2) is 11.5 Å². The zero-order valence-electron chi connectivity index (χ0n) is 18.0. The van der Waals surface area contributed by atoms with Gasteiger partial charge in [-0.15, -0.1) is 0 Å². The predicted octanol–water partition coefficient (Wildman–Crippen LogP) is 3.06. The molecule has 2 aliphatic heterocycles. The minimum Gasteiger partial charge on any atom is -0.493 e.